The Hall–Kier alpha value is -3.18. The van der Waals surface area contributed by atoms with Crippen LogP contribution in [-0.2, 0) is 25.7 Å². The number of carbonyl (C=O) groups is 2. The van der Waals surface area contributed by atoms with Crippen molar-refractivity contribution in [3.63, 3.8) is 0 Å². The maximum atomic E-state index is 12.7. The molecule has 1 aliphatic rings. The highest BCUT2D eigenvalue weighted by molar-refractivity contribution is 5.99. The van der Waals surface area contributed by atoms with Gasteiger partial charge < -0.3 is 9.47 Å². The summed E-state index contributed by atoms with van der Waals surface area (Å²) in [5.74, 6) is -0.926. The molecule has 5 heteroatoms. The normalized spacial score (nSPS) is 19.1. The highest BCUT2D eigenvalue weighted by Gasteiger charge is 2.51. The molecule has 3 rings (SSSR count). The molecular weight excluding hydrogens is 354 g/mol. The molecule has 1 amide bonds. The summed E-state index contributed by atoms with van der Waals surface area (Å²) < 4.78 is 10.7. The Labute approximate surface area is 164 Å². The van der Waals surface area contributed by atoms with E-state index in [2.05, 4.69) is 6.58 Å². The number of esters is 1. The van der Waals surface area contributed by atoms with Crippen LogP contribution in [0.5, 0.6) is 0 Å². The van der Waals surface area contributed by atoms with Gasteiger partial charge in [0.2, 0.25) is 0 Å². The molecule has 0 N–H and O–H groups in total. The van der Waals surface area contributed by atoms with Gasteiger partial charge >= 0.3 is 5.97 Å². The molecule has 0 unspecified atom stereocenters. The number of methoxy groups -OCH3 is 1. The van der Waals surface area contributed by atoms with Crippen molar-refractivity contribution in [2.24, 2.45) is 0 Å². The van der Waals surface area contributed by atoms with E-state index in [1.54, 1.807) is 0 Å². The molecule has 1 heterocycles. The number of likely N-dealkylation sites (tertiary alicyclic amines) is 1. The van der Waals surface area contributed by atoms with Crippen LogP contribution in [0.1, 0.15) is 18.1 Å². The first-order chi connectivity index (χ1) is 13.5. The van der Waals surface area contributed by atoms with Gasteiger partial charge in [-0.15, -0.1) is 0 Å². The zero-order valence-electron chi connectivity index (χ0n) is 16.0. The molecule has 0 saturated carbocycles. The minimum atomic E-state index is -0.679. The van der Waals surface area contributed by atoms with Crippen LogP contribution in [0.25, 0.3) is 6.08 Å². The quantitative estimate of drug-likeness (QED) is 0.420. The van der Waals surface area contributed by atoms with E-state index >= 15 is 0 Å². The van der Waals surface area contributed by atoms with Crippen molar-refractivity contribution in [2.45, 2.75) is 25.7 Å². The molecule has 2 atom stereocenters. The average molecular weight is 377 g/mol. The number of hydrogen-bond donors (Lipinski definition) is 0. The van der Waals surface area contributed by atoms with E-state index in [1.165, 1.54) is 12.0 Å². The zero-order chi connectivity index (χ0) is 20.1. The molecule has 0 radical (unpaired) electrons. The molecule has 0 aliphatic carbocycles. The third kappa shape index (κ3) is 4.05. The van der Waals surface area contributed by atoms with Crippen LogP contribution in [0, 0.1) is 0 Å². The van der Waals surface area contributed by atoms with Gasteiger partial charge in [0.25, 0.3) is 5.91 Å². The first-order valence-corrected chi connectivity index (χ1v) is 9.02. The lowest BCUT2D eigenvalue weighted by atomic mass is 9.89. The Morgan fingerprint density at radius 2 is 1.71 bits per heavy atom. The molecule has 5 nitrogen and oxygen atoms in total. The molecule has 2 aromatic rings. The summed E-state index contributed by atoms with van der Waals surface area (Å²) in [5, 5.41) is 0. The van der Waals surface area contributed by atoms with Crippen molar-refractivity contribution < 1.29 is 19.1 Å². The first kappa shape index (κ1) is 19.6. The van der Waals surface area contributed by atoms with Crippen LogP contribution >= 0.6 is 0 Å². The van der Waals surface area contributed by atoms with Gasteiger partial charge in [-0.3, -0.25) is 9.69 Å². The summed E-state index contributed by atoms with van der Waals surface area (Å²) in [6, 6.07) is 19.0. The monoisotopic (exact) mass is 377 g/mol. The Bertz CT molecular complexity index is 889. The molecule has 144 valence electrons. The van der Waals surface area contributed by atoms with E-state index in [4.69, 9.17) is 9.47 Å². The van der Waals surface area contributed by atoms with E-state index in [1.807, 2.05) is 73.7 Å². The number of nitrogens with zero attached hydrogens (tertiary/aromatic N) is 1. The summed E-state index contributed by atoms with van der Waals surface area (Å²) in [6.45, 7) is 5.97. The summed E-state index contributed by atoms with van der Waals surface area (Å²) >= 11 is 0. The Kier molecular flexibility index (Phi) is 6.06. The number of β-lactam (4-membered cyclic amide) rings is 1. The lowest BCUT2D eigenvalue weighted by Gasteiger charge is -2.47. The van der Waals surface area contributed by atoms with Crippen LogP contribution in [0.4, 0.5) is 0 Å². The van der Waals surface area contributed by atoms with Gasteiger partial charge in [-0.2, -0.15) is 0 Å². The maximum Gasteiger partial charge on any atom is 0.354 e. The van der Waals surface area contributed by atoms with Gasteiger partial charge in [0, 0.05) is 0 Å². The number of ether oxygens (including phenoxy) is 2. The van der Waals surface area contributed by atoms with Gasteiger partial charge in [-0.05, 0) is 23.6 Å². The summed E-state index contributed by atoms with van der Waals surface area (Å²) in [7, 11) is 1.27. The summed E-state index contributed by atoms with van der Waals surface area (Å²) in [4.78, 5) is 26.0. The fourth-order valence-electron chi connectivity index (χ4n) is 3.24. The van der Waals surface area contributed by atoms with E-state index in [0.29, 0.717) is 6.61 Å². The fourth-order valence-corrected chi connectivity index (χ4v) is 3.24. The van der Waals surface area contributed by atoms with Gasteiger partial charge in [-0.1, -0.05) is 73.3 Å². The molecular formula is C23H23NO4. The average Bonchev–Trinajstić information content (AvgIpc) is 2.72. The molecule has 1 aliphatic heterocycles. The summed E-state index contributed by atoms with van der Waals surface area (Å²) in [5.41, 5.74) is 2.89. The van der Waals surface area contributed by atoms with Crippen molar-refractivity contribution in [3.05, 3.63) is 89.6 Å². The Morgan fingerprint density at radius 1 is 1.11 bits per heavy atom. The van der Waals surface area contributed by atoms with Crippen molar-refractivity contribution in [2.75, 3.05) is 7.11 Å². The van der Waals surface area contributed by atoms with E-state index in [-0.39, 0.29) is 11.6 Å². The number of hydrogen-bond acceptors (Lipinski definition) is 4. The van der Waals surface area contributed by atoms with E-state index in [9.17, 15) is 9.59 Å². The highest BCUT2D eigenvalue weighted by atomic mass is 16.5. The standard InChI is InChI=1S/C23H23NO4/c1-16(14-18-10-6-4-7-11-18)20-21(28-15-19-12-8-5-9-13-19)22(25)24(20)17(2)23(26)27-3/h4-14,20-21H,2,15H2,1,3H3/b16-14+/t20-,21+/m1/s1. The second kappa shape index (κ2) is 8.67. The van der Waals surface area contributed by atoms with Gasteiger partial charge in [0.15, 0.2) is 6.10 Å². The van der Waals surface area contributed by atoms with E-state index < -0.39 is 18.1 Å². The Balaban J connectivity index is 1.83. The SMILES string of the molecule is C=C(C(=O)OC)N1C(=O)[C@@H](OCc2ccccc2)[C@H]1/C(C)=C/c1ccccc1. The Morgan fingerprint density at radius 3 is 2.32 bits per heavy atom. The number of carbonyl (C=O) groups excluding carboxylic acids is 2. The first-order valence-electron chi connectivity index (χ1n) is 9.02. The zero-order valence-corrected chi connectivity index (χ0v) is 16.0. The van der Waals surface area contributed by atoms with Crippen LogP contribution < -0.4 is 0 Å². The lowest BCUT2D eigenvalue weighted by molar-refractivity contribution is -0.170. The topological polar surface area (TPSA) is 55.8 Å². The smallest absolute Gasteiger partial charge is 0.354 e. The predicted octanol–water partition coefficient (Wildman–Crippen LogP) is 3.57. The third-order valence-corrected chi connectivity index (χ3v) is 4.69. The lowest BCUT2D eigenvalue weighted by Crippen LogP contribution is -2.66. The second-order valence-corrected chi connectivity index (χ2v) is 6.61. The van der Waals surface area contributed by atoms with Gasteiger partial charge in [0.05, 0.1) is 19.8 Å². The molecule has 28 heavy (non-hydrogen) atoms. The molecule has 1 fully saturated rings. The highest BCUT2D eigenvalue weighted by Crippen LogP contribution is 2.34. The van der Waals surface area contributed by atoms with Crippen molar-refractivity contribution in [1.82, 2.24) is 4.90 Å². The van der Waals surface area contributed by atoms with Crippen LogP contribution in [0.15, 0.2) is 78.5 Å². The summed E-state index contributed by atoms with van der Waals surface area (Å²) in [6.07, 6.45) is 1.30. The molecule has 0 spiro atoms. The van der Waals surface area contributed by atoms with Crippen LogP contribution in [0.3, 0.4) is 0 Å². The van der Waals surface area contributed by atoms with Crippen molar-refractivity contribution in [1.29, 1.82) is 0 Å². The maximum absolute atomic E-state index is 12.7. The predicted molar refractivity (Wildman–Crippen MR) is 107 cm³/mol. The van der Waals surface area contributed by atoms with Crippen LogP contribution in [-0.4, -0.2) is 36.0 Å². The van der Waals surface area contributed by atoms with Gasteiger partial charge in [0.1, 0.15) is 5.70 Å². The van der Waals surface area contributed by atoms with Crippen LogP contribution in [0.2, 0.25) is 0 Å². The molecule has 0 bridgehead atoms. The molecule has 1 saturated heterocycles. The number of benzene rings is 2. The number of amides is 1. The molecule has 2 aromatic carbocycles. The van der Waals surface area contributed by atoms with Crippen molar-refractivity contribution >= 4 is 18.0 Å². The minimum absolute atomic E-state index is 0.0119. The largest absolute Gasteiger partial charge is 0.464 e. The minimum Gasteiger partial charge on any atom is -0.464 e. The molecule has 0 aromatic heterocycles. The number of rotatable bonds is 7. The van der Waals surface area contributed by atoms with E-state index in [0.717, 1.165) is 16.7 Å². The fraction of sp³-hybridized carbons (Fsp3) is 0.217. The van der Waals surface area contributed by atoms with Gasteiger partial charge in [-0.25, -0.2) is 4.79 Å². The third-order valence-electron chi connectivity index (χ3n) is 4.69. The second-order valence-electron chi connectivity index (χ2n) is 6.61. The van der Waals surface area contributed by atoms with Crippen molar-refractivity contribution in [3.8, 4) is 0 Å².